The largest absolute Gasteiger partial charge is 0.355 e. The summed E-state index contributed by atoms with van der Waals surface area (Å²) in [5, 5.41) is 6.86. The number of aromatic nitrogens is 3. The van der Waals surface area contributed by atoms with Crippen molar-refractivity contribution in [2.24, 2.45) is 0 Å². The smallest absolute Gasteiger partial charge is 0.273 e. The zero-order chi connectivity index (χ0) is 18.6. The number of hydrogen-bond donors (Lipinski definition) is 1. The zero-order valence-electron chi connectivity index (χ0n) is 15.0. The minimum Gasteiger partial charge on any atom is -0.355 e. The molecule has 1 amide bonds. The number of nitrogens with zero attached hydrogens (tertiary/aromatic N) is 3. The van der Waals surface area contributed by atoms with E-state index in [-0.39, 0.29) is 17.6 Å². The lowest BCUT2D eigenvalue weighted by molar-refractivity contribution is 0.0938. The average Bonchev–Trinajstić information content (AvgIpc) is 3.37. The Morgan fingerprint density at radius 2 is 1.93 bits per heavy atom. The van der Waals surface area contributed by atoms with Gasteiger partial charge in [0.05, 0.1) is 23.4 Å². The van der Waals surface area contributed by atoms with E-state index in [1.54, 1.807) is 6.07 Å². The van der Waals surface area contributed by atoms with Crippen LogP contribution in [0.15, 0.2) is 71.5 Å². The van der Waals surface area contributed by atoms with Crippen molar-refractivity contribution >= 4 is 16.9 Å². The van der Waals surface area contributed by atoms with E-state index in [1.165, 1.54) is 0 Å². The second-order valence-corrected chi connectivity index (χ2v) is 6.36. The Hall–Kier alpha value is -3.41. The maximum Gasteiger partial charge on any atom is 0.273 e. The first-order valence-electron chi connectivity index (χ1n) is 8.98. The van der Waals surface area contributed by atoms with Crippen molar-refractivity contribution < 1.29 is 9.32 Å². The molecule has 27 heavy (non-hydrogen) atoms. The van der Waals surface area contributed by atoms with Crippen LogP contribution in [-0.2, 0) is 0 Å². The topological polar surface area (TPSA) is 73.0 Å². The minimum atomic E-state index is -0.246. The molecule has 4 rings (SSSR count). The molecule has 2 heterocycles. The molecule has 2 aromatic carbocycles. The summed E-state index contributed by atoms with van der Waals surface area (Å²) in [4.78, 5) is 16.9. The van der Waals surface area contributed by atoms with Gasteiger partial charge >= 0.3 is 0 Å². The first-order chi connectivity index (χ1) is 13.3. The number of fused-ring (bicyclic) bond motifs is 1. The summed E-state index contributed by atoms with van der Waals surface area (Å²) in [6.07, 6.45) is 2.70. The summed E-state index contributed by atoms with van der Waals surface area (Å²) in [7, 11) is 0. The molecule has 1 N–H and O–H groups in total. The molecule has 0 saturated carbocycles. The van der Waals surface area contributed by atoms with Gasteiger partial charge in [-0.3, -0.25) is 4.79 Å². The molecule has 0 unspecified atom stereocenters. The quantitative estimate of drug-likeness (QED) is 0.562. The number of nitrogens with one attached hydrogen (secondary N) is 1. The SMILES string of the molecule is CC[C@@H](CNC(=O)c1cc(-c2ccccc2)on1)n1cnc2ccccc21. The second-order valence-electron chi connectivity index (χ2n) is 6.36. The summed E-state index contributed by atoms with van der Waals surface area (Å²) in [6.45, 7) is 2.58. The highest BCUT2D eigenvalue weighted by Gasteiger charge is 2.17. The van der Waals surface area contributed by atoms with Crippen molar-refractivity contribution in [2.75, 3.05) is 6.54 Å². The molecular weight excluding hydrogens is 340 g/mol. The Kier molecular flexibility index (Phi) is 4.70. The van der Waals surface area contributed by atoms with Gasteiger partial charge in [-0.25, -0.2) is 4.98 Å². The number of hydrogen-bond acceptors (Lipinski definition) is 4. The summed E-state index contributed by atoms with van der Waals surface area (Å²) in [5.41, 5.74) is 3.18. The summed E-state index contributed by atoms with van der Waals surface area (Å²) >= 11 is 0. The lowest BCUT2D eigenvalue weighted by atomic mass is 10.1. The van der Waals surface area contributed by atoms with Crippen molar-refractivity contribution in [1.82, 2.24) is 20.0 Å². The summed E-state index contributed by atoms with van der Waals surface area (Å²) < 4.78 is 7.41. The Morgan fingerprint density at radius 3 is 2.74 bits per heavy atom. The van der Waals surface area contributed by atoms with Crippen LogP contribution in [0.2, 0.25) is 0 Å². The number of benzene rings is 2. The van der Waals surface area contributed by atoms with E-state index >= 15 is 0 Å². The van der Waals surface area contributed by atoms with Crippen molar-refractivity contribution in [2.45, 2.75) is 19.4 Å². The Labute approximate surface area is 156 Å². The molecule has 4 aromatic rings. The van der Waals surface area contributed by atoms with Gasteiger partial charge in [-0.05, 0) is 18.6 Å². The number of carbonyl (C=O) groups excluding carboxylic acids is 1. The van der Waals surface area contributed by atoms with E-state index in [0.29, 0.717) is 12.3 Å². The maximum absolute atomic E-state index is 12.5. The Morgan fingerprint density at radius 1 is 1.15 bits per heavy atom. The highest BCUT2D eigenvalue weighted by Crippen LogP contribution is 2.21. The standard InChI is InChI=1S/C21H20N4O2/c1-2-16(25-14-23-17-10-6-7-11-19(17)25)13-22-21(26)18-12-20(27-24-18)15-8-4-3-5-9-15/h3-12,14,16H,2,13H2,1H3,(H,22,26)/t16-/m0/s1. The molecule has 0 spiro atoms. The number of rotatable bonds is 6. The third-order valence-electron chi connectivity index (χ3n) is 4.65. The van der Waals surface area contributed by atoms with Crippen LogP contribution >= 0.6 is 0 Å². The van der Waals surface area contributed by atoms with Gasteiger partial charge in [-0.1, -0.05) is 54.5 Å². The van der Waals surface area contributed by atoms with Crippen molar-refractivity contribution in [3.63, 3.8) is 0 Å². The van der Waals surface area contributed by atoms with Crippen molar-refractivity contribution in [3.05, 3.63) is 72.7 Å². The molecule has 0 bridgehead atoms. The number of imidazole rings is 1. The Balaban J connectivity index is 1.46. The first kappa shape index (κ1) is 17.0. The van der Waals surface area contributed by atoms with Crippen LogP contribution in [0.3, 0.4) is 0 Å². The fraction of sp³-hybridized carbons (Fsp3) is 0.190. The second kappa shape index (κ2) is 7.45. The maximum atomic E-state index is 12.5. The molecule has 6 heteroatoms. The molecule has 0 saturated heterocycles. The van der Waals surface area contributed by atoms with Crippen LogP contribution in [0, 0.1) is 0 Å². The average molecular weight is 360 g/mol. The fourth-order valence-corrected chi connectivity index (χ4v) is 3.13. The monoisotopic (exact) mass is 360 g/mol. The summed E-state index contributed by atoms with van der Waals surface area (Å²) in [6, 6.07) is 19.4. The lowest BCUT2D eigenvalue weighted by Crippen LogP contribution is -2.30. The van der Waals surface area contributed by atoms with Crippen LogP contribution < -0.4 is 5.32 Å². The van der Waals surface area contributed by atoms with Gasteiger partial charge in [0.2, 0.25) is 0 Å². The van der Waals surface area contributed by atoms with E-state index in [0.717, 1.165) is 23.0 Å². The van der Waals surface area contributed by atoms with Gasteiger partial charge < -0.3 is 14.4 Å². The van der Waals surface area contributed by atoms with E-state index in [4.69, 9.17) is 4.52 Å². The molecule has 0 radical (unpaired) electrons. The first-order valence-corrected chi connectivity index (χ1v) is 8.98. The van der Waals surface area contributed by atoms with Gasteiger partial charge in [0.1, 0.15) is 0 Å². The van der Waals surface area contributed by atoms with Crippen LogP contribution in [0.4, 0.5) is 0 Å². The normalized spacial score (nSPS) is 12.2. The number of carbonyl (C=O) groups is 1. The zero-order valence-corrected chi connectivity index (χ0v) is 15.0. The third kappa shape index (κ3) is 3.46. The summed E-state index contributed by atoms with van der Waals surface area (Å²) in [5.74, 6) is 0.331. The molecular formula is C21H20N4O2. The van der Waals surface area contributed by atoms with Crippen molar-refractivity contribution in [1.29, 1.82) is 0 Å². The molecule has 0 aliphatic heterocycles. The molecule has 0 aliphatic carbocycles. The van der Waals surface area contributed by atoms with Crippen LogP contribution in [-0.4, -0.2) is 27.2 Å². The Bertz CT molecular complexity index is 1050. The van der Waals surface area contributed by atoms with Crippen LogP contribution in [0.25, 0.3) is 22.4 Å². The molecule has 136 valence electrons. The number of amides is 1. The van der Waals surface area contributed by atoms with E-state index in [1.807, 2.05) is 60.9 Å². The molecule has 6 nitrogen and oxygen atoms in total. The minimum absolute atomic E-state index is 0.113. The molecule has 1 atom stereocenters. The molecule has 0 aliphatic rings. The highest BCUT2D eigenvalue weighted by molar-refractivity contribution is 5.93. The number of para-hydroxylation sites is 2. The van der Waals surface area contributed by atoms with Gasteiger partial charge in [0, 0.05) is 18.2 Å². The van der Waals surface area contributed by atoms with E-state index < -0.39 is 0 Å². The fourth-order valence-electron chi connectivity index (χ4n) is 3.13. The molecule has 2 aromatic heterocycles. The predicted molar refractivity (Wildman–Crippen MR) is 103 cm³/mol. The predicted octanol–water partition coefficient (Wildman–Crippen LogP) is 4.07. The third-order valence-corrected chi connectivity index (χ3v) is 4.65. The lowest BCUT2D eigenvalue weighted by Gasteiger charge is -2.18. The van der Waals surface area contributed by atoms with E-state index in [9.17, 15) is 4.79 Å². The van der Waals surface area contributed by atoms with E-state index in [2.05, 4.69) is 26.9 Å². The highest BCUT2D eigenvalue weighted by atomic mass is 16.5. The van der Waals surface area contributed by atoms with Crippen LogP contribution in [0.1, 0.15) is 29.9 Å². The van der Waals surface area contributed by atoms with Crippen molar-refractivity contribution in [3.8, 4) is 11.3 Å². The van der Waals surface area contributed by atoms with Crippen LogP contribution in [0.5, 0.6) is 0 Å². The van der Waals surface area contributed by atoms with Gasteiger partial charge in [-0.2, -0.15) is 0 Å². The molecule has 0 fully saturated rings. The van der Waals surface area contributed by atoms with Gasteiger partial charge in [0.15, 0.2) is 11.5 Å². The van der Waals surface area contributed by atoms with Gasteiger partial charge in [-0.15, -0.1) is 0 Å². The van der Waals surface area contributed by atoms with Gasteiger partial charge in [0.25, 0.3) is 5.91 Å².